The number of amides is 3. The summed E-state index contributed by atoms with van der Waals surface area (Å²) in [5.74, 6) is 0.678. The van der Waals surface area contributed by atoms with E-state index in [4.69, 9.17) is 0 Å². The van der Waals surface area contributed by atoms with Gasteiger partial charge < -0.3 is 19.6 Å². The van der Waals surface area contributed by atoms with E-state index in [9.17, 15) is 14.4 Å². The molecular formula is C32H36N4O3. The third-order valence-electron chi connectivity index (χ3n) is 8.94. The number of rotatable bonds is 4. The number of piperidine rings is 2. The van der Waals surface area contributed by atoms with Crippen LogP contribution in [0.15, 0.2) is 72.8 Å². The highest BCUT2D eigenvalue weighted by Gasteiger charge is 2.54. The Labute approximate surface area is 230 Å². The summed E-state index contributed by atoms with van der Waals surface area (Å²) in [6.07, 6.45) is 3.09. The number of anilines is 1. The summed E-state index contributed by atoms with van der Waals surface area (Å²) in [6.45, 7) is 5.23. The molecule has 3 saturated heterocycles. The second-order valence-corrected chi connectivity index (χ2v) is 11.3. The summed E-state index contributed by atoms with van der Waals surface area (Å²) < 4.78 is 0. The van der Waals surface area contributed by atoms with E-state index in [0.29, 0.717) is 44.1 Å². The highest BCUT2D eigenvalue weighted by Crippen LogP contribution is 2.40. The molecule has 202 valence electrons. The second kappa shape index (κ2) is 10.4. The van der Waals surface area contributed by atoms with E-state index in [-0.39, 0.29) is 24.3 Å². The van der Waals surface area contributed by atoms with E-state index in [1.165, 1.54) is 0 Å². The molecule has 0 atom stereocenters. The van der Waals surface area contributed by atoms with Gasteiger partial charge in [-0.3, -0.25) is 14.4 Å². The molecular weight excluding hydrogens is 488 g/mol. The van der Waals surface area contributed by atoms with E-state index in [1.807, 2.05) is 82.6 Å². The molecule has 7 heteroatoms. The third kappa shape index (κ3) is 4.64. The van der Waals surface area contributed by atoms with Crippen LogP contribution in [-0.2, 0) is 9.59 Å². The molecule has 39 heavy (non-hydrogen) atoms. The van der Waals surface area contributed by atoms with E-state index < -0.39 is 5.54 Å². The van der Waals surface area contributed by atoms with Gasteiger partial charge in [0.15, 0.2) is 0 Å². The SMILES string of the molecule is CC1CCN(C(=O)CN2CN(c3ccccc3)C3(CCN(C(=O)c4cccc5ccccc45)CC3)C2=O)CC1. The molecule has 3 heterocycles. The number of nitrogens with zero attached hydrogens (tertiary/aromatic N) is 4. The van der Waals surface area contributed by atoms with Crippen molar-refractivity contribution >= 4 is 34.2 Å². The number of hydrogen-bond acceptors (Lipinski definition) is 4. The first-order valence-corrected chi connectivity index (χ1v) is 14.1. The van der Waals surface area contributed by atoms with Crippen molar-refractivity contribution in [2.24, 2.45) is 5.92 Å². The molecule has 0 aromatic heterocycles. The Bertz CT molecular complexity index is 1370. The van der Waals surface area contributed by atoms with Gasteiger partial charge in [0.2, 0.25) is 5.91 Å². The molecule has 3 aliphatic rings. The number of carbonyl (C=O) groups excluding carboxylic acids is 3. The number of hydrogen-bond donors (Lipinski definition) is 0. The lowest BCUT2D eigenvalue weighted by molar-refractivity contribution is -0.141. The third-order valence-corrected chi connectivity index (χ3v) is 8.94. The number of fused-ring (bicyclic) bond motifs is 1. The molecule has 0 N–H and O–H groups in total. The highest BCUT2D eigenvalue weighted by molar-refractivity contribution is 6.07. The van der Waals surface area contributed by atoms with Crippen LogP contribution in [0.5, 0.6) is 0 Å². The van der Waals surface area contributed by atoms with Crippen molar-refractivity contribution in [2.75, 3.05) is 44.3 Å². The van der Waals surface area contributed by atoms with Crippen LogP contribution >= 0.6 is 0 Å². The predicted molar refractivity (Wildman–Crippen MR) is 152 cm³/mol. The molecule has 7 nitrogen and oxygen atoms in total. The first-order chi connectivity index (χ1) is 19.0. The van der Waals surface area contributed by atoms with Gasteiger partial charge in [0.05, 0.1) is 6.67 Å². The summed E-state index contributed by atoms with van der Waals surface area (Å²) in [5, 5.41) is 1.99. The summed E-state index contributed by atoms with van der Waals surface area (Å²) in [5.41, 5.74) is 0.916. The van der Waals surface area contributed by atoms with Crippen LogP contribution in [0.1, 0.15) is 43.0 Å². The maximum Gasteiger partial charge on any atom is 0.254 e. The first kappa shape index (κ1) is 25.4. The van der Waals surface area contributed by atoms with Gasteiger partial charge in [0.1, 0.15) is 12.1 Å². The van der Waals surface area contributed by atoms with Crippen LogP contribution in [0.3, 0.4) is 0 Å². The Morgan fingerprint density at radius 3 is 2.23 bits per heavy atom. The van der Waals surface area contributed by atoms with E-state index in [2.05, 4.69) is 11.8 Å². The zero-order chi connectivity index (χ0) is 27.0. The minimum atomic E-state index is -0.756. The van der Waals surface area contributed by atoms with E-state index >= 15 is 0 Å². The average molecular weight is 525 g/mol. The molecule has 0 aliphatic carbocycles. The predicted octanol–water partition coefficient (Wildman–Crippen LogP) is 4.38. The first-order valence-electron chi connectivity index (χ1n) is 14.1. The molecule has 3 aliphatic heterocycles. The molecule has 3 fully saturated rings. The van der Waals surface area contributed by atoms with Crippen LogP contribution < -0.4 is 4.90 Å². The molecule has 3 aromatic carbocycles. The van der Waals surface area contributed by atoms with Gasteiger partial charge >= 0.3 is 0 Å². The monoisotopic (exact) mass is 524 g/mol. The zero-order valence-corrected chi connectivity index (χ0v) is 22.6. The topological polar surface area (TPSA) is 64.2 Å². The molecule has 0 radical (unpaired) electrons. The zero-order valence-electron chi connectivity index (χ0n) is 22.6. The van der Waals surface area contributed by atoms with Gasteiger partial charge in [-0.25, -0.2) is 0 Å². The smallest absolute Gasteiger partial charge is 0.254 e. The van der Waals surface area contributed by atoms with E-state index in [0.717, 1.165) is 42.4 Å². The summed E-state index contributed by atoms with van der Waals surface area (Å²) >= 11 is 0. The van der Waals surface area contributed by atoms with Crippen molar-refractivity contribution in [1.82, 2.24) is 14.7 Å². The lowest BCUT2D eigenvalue weighted by Crippen LogP contribution is -2.57. The summed E-state index contributed by atoms with van der Waals surface area (Å²) in [7, 11) is 0. The van der Waals surface area contributed by atoms with Gasteiger partial charge in [0.25, 0.3) is 11.8 Å². The van der Waals surface area contributed by atoms with Gasteiger partial charge in [-0.1, -0.05) is 61.5 Å². The Hall–Kier alpha value is -3.87. The minimum Gasteiger partial charge on any atom is -0.341 e. The van der Waals surface area contributed by atoms with Crippen LogP contribution in [0.25, 0.3) is 10.8 Å². The Morgan fingerprint density at radius 1 is 0.821 bits per heavy atom. The van der Waals surface area contributed by atoms with E-state index in [1.54, 1.807) is 4.90 Å². The largest absolute Gasteiger partial charge is 0.341 e. The highest BCUT2D eigenvalue weighted by atomic mass is 16.2. The minimum absolute atomic E-state index is 0.00217. The fraction of sp³-hybridized carbons (Fsp3) is 0.406. The number of likely N-dealkylation sites (tertiary alicyclic amines) is 2. The molecule has 3 aromatic rings. The Morgan fingerprint density at radius 2 is 1.49 bits per heavy atom. The van der Waals surface area contributed by atoms with Crippen molar-refractivity contribution in [2.45, 2.75) is 38.1 Å². The molecule has 6 rings (SSSR count). The molecule has 3 amide bonds. The van der Waals surface area contributed by atoms with Crippen LogP contribution in [0.2, 0.25) is 0 Å². The standard InChI is InChI=1S/C32H36N4O3/c1-24-14-18-33(19-15-24)29(37)22-35-23-36(26-10-3-2-4-11-26)32(31(35)39)16-20-34(21-17-32)30(38)28-13-7-9-25-8-5-6-12-27(25)28/h2-13,24H,14-23H2,1H3. The number of para-hydroxylation sites is 1. The van der Waals surface area contributed by atoms with Crippen molar-refractivity contribution in [3.8, 4) is 0 Å². The lowest BCUT2D eigenvalue weighted by atomic mass is 9.85. The lowest BCUT2D eigenvalue weighted by Gasteiger charge is -2.43. The van der Waals surface area contributed by atoms with Crippen LogP contribution in [0.4, 0.5) is 5.69 Å². The summed E-state index contributed by atoms with van der Waals surface area (Å²) in [4.78, 5) is 48.6. The summed E-state index contributed by atoms with van der Waals surface area (Å²) in [6, 6.07) is 23.8. The maximum atomic E-state index is 14.1. The second-order valence-electron chi connectivity index (χ2n) is 11.3. The Balaban J connectivity index is 1.22. The van der Waals surface area contributed by atoms with Gasteiger partial charge in [-0.15, -0.1) is 0 Å². The van der Waals surface area contributed by atoms with Gasteiger partial charge in [-0.05, 0) is 60.6 Å². The fourth-order valence-electron chi connectivity index (χ4n) is 6.51. The number of carbonyl (C=O) groups is 3. The maximum absolute atomic E-state index is 14.1. The molecule has 0 saturated carbocycles. The quantitative estimate of drug-likeness (QED) is 0.508. The molecule has 0 bridgehead atoms. The van der Waals surface area contributed by atoms with Crippen LogP contribution in [-0.4, -0.2) is 77.4 Å². The molecule has 0 unspecified atom stereocenters. The average Bonchev–Trinajstić information content (AvgIpc) is 3.23. The van der Waals surface area contributed by atoms with Gasteiger partial charge in [0, 0.05) is 37.4 Å². The van der Waals surface area contributed by atoms with Crippen molar-refractivity contribution in [1.29, 1.82) is 0 Å². The Kier molecular flexibility index (Phi) is 6.75. The van der Waals surface area contributed by atoms with Crippen molar-refractivity contribution < 1.29 is 14.4 Å². The fourth-order valence-corrected chi connectivity index (χ4v) is 6.51. The van der Waals surface area contributed by atoms with Crippen molar-refractivity contribution in [3.63, 3.8) is 0 Å². The number of benzene rings is 3. The van der Waals surface area contributed by atoms with Crippen molar-refractivity contribution in [3.05, 3.63) is 78.4 Å². The molecule has 1 spiro atoms. The normalized spacial score (nSPS) is 19.8. The van der Waals surface area contributed by atoms with Crippen LogP contribution in [0, 0.1) is 5.92 Å². The van der Waals surface area contributed by atoms with Gasteiger partial charge in [-0.2, -0.15) is 0 Å².